The second kappa shape index (κ2) is 2.27. The van der Waals surface area contributed by atoms with Gasteiger partial charge in [-0.3, -0.25) is 0 Å². The van der Waals surface area contributed by atoms with Crippen molar-refractivity contribution >= 4 is 8.07 Å². The first-order chi connectivity index (χ1) is 3.81. The molecule has 0 atom stereocenters. The molecule has 0 aromatic rings. The Morgan fingerprint density at radius 3 is 1.78 bits per heavy atom. The summed E-state index contributed by atoms with van der Waals surface area (Å²) in [6.07, 6.45) is 0. The van der Waals surface area contributed by atoms with Gasteiger partial charge in [0.25, 0.3) is 0 Å². The van der Waals surface area contributed by atoms with Gasteiger partial charge in [0.1, 0.15) is 8.07 Å². The van der Waals surface area contributed by atoms with Crippen molar-refractivity contribution in [3.05, 3.63) is 12.3 Å². The predicted octanol–water partition coefficient (Wildman–Crippen LogP) is 1.73. The zero-order valence-corrected chi connectivity index (χ0v) is 7.73. The molecule has 0 aliphatic rings. The molecule has 9 heavy (non-hydrogen) atoms. The van der Waals surface area contributed by atoms with Crippen molar-refractivity contribution in [2.24, 2.45) is 0 Å². The summed E-state index contributed by atoms with van der Waals surface area (Å²) in [5.41, 5.74) is 1.91. The van der Waals surface area contributed by atoms with E-state index >= 15 is 0 Å². The summed E-state index contributed by atoms with van der Waals surface area (Å²) in [5, 5.41) is 9.00. The Hall–Kier alpha value is -0.0831. The first kappa shape index (κ1) is 8.92. The molecule has 0 rings (SSSR count). The highest BCUT2D eigenvalue weighted by Crippen LogP contribution is 2.19. The van der Waals surface area contributed by atoms with Crippen molar-refractivity contribution in [1.29, 1.82) is 0 Å². The minimum atomic E-state index is -1.56. The Labute approximate surface area is 58.4 Å². The van der Waals surface area contributed by atoms with E-state index in [1.54, 1.807) is 0 Å². The van der Waals surface area contributed by atoms with E-state index in [0.29, 0.717) is 0 Å². The lowest BCUT2D eigenvalue weighted by molar-refractivity contribution is 0.158. The molecule has 0 fully saturated rings. The standard InChI is InChI=1S/C7H16OSi/c1-6-9(4,5)7(2,3)8/h6,8H,1H2,2-5H3. The van der Waals surface area contributed by atoms with Gasteiger partial charge in [0.15, 0.2) is 0 Å². The average molecular weight is 144 g/mol. The first-order valence-electron chi connectivity index (χ1n) is 3.17. The molecular weight excluding hydrogens is 128 g/mol. The molecular formula is C7H16OSi. The van der Waals surface area contributed by atoms with Crippen LogP contribution in [0.4, 0.5) is 0 Å². The molecule has 0 aliphatic carbocycles. The van der Waals surface area contributed by atoms with Crippen LogP contribution in [0.3, 0.4) is 0 Å². The van der Waals surface area contributed by atoms with Crippen LogP contribution in [-0.2, 0) is 0 Å². The average Bonchev–Trinajstić information content (AvgIpc) is 1.64. The molecule has 0 bridgehead atoms. The van der Waals surface area contributed by atoms with Gasteiger partial charge in [0.05, 0.1) is 5.22 Å². The van der Waals surface area contributed by atoms with Crippen LogP contribution < -0.4 is 0 Å². The van der Waals surface area contributed by atoms with Crippen molar-refractivity contribution in [2.75, 3.05) is 0 Å². The summed E-state index contributed by atoms with van der Waals surface area (Å²) in [7, 11) is -1.56. The van der Waals surface area contributed by atoms with E-state index in [4.69, 9.17) is 0 Å². The lowest BCUT2D eigenvalue weighted by Gasteiger charge is -2.31. The van der Waals surface area contributed by atoms with Crippen molar-refractivity contribution in [2.45, 2.75) is 32.2 Å². The SMILES string of the molecule is C=C[Si](C)(C)C(C)(C)O. The summed E-state index contributed by atoms with van der Waals surface area (Å²) in [6.45, 7) is 11.6. The van der Waals surface area contributed by atoms with Gasteiger partial charge in [-0.05, 0) is 13.8 Å². The maximum Gasteiger partial charge on any atom is 0.107 e. The van der Waals surface area contributed by atoms with Gasteiger partial charge in [0.2, 0.25) is 0 Å². The van der Waals surface area contributed by atoms with Crippen LogP contribution in [-0.4, -0.2) is 18.4 Å². The second-order valence-corrected chi connectivity index (χ2v) is 8.56. The molecule has 54 valence electrons. The molecule has 0 aliphatic heterocycles. The Bertz CT molecular complexity index is 111. The highest BCUT2D eigenvalue weighted by molar-refractivity contribution is 6.84. The van der Waals surface area contributed by atoms with Crippen LogP contribution in [0, 0.1) is 0 Å². The first-order valence-corrected chi connectivity index (χ1v) is 6.25. The van der Waals surface area contributed by atoms with Crippen LogP contribution in [0.5, 0.6) is 0 Å². The smallest absolute Gasteiger partial charge is 0.107 e. The maximum absolute atomic E-state index is 9.54. The van der Waals surface area contributed by atoms with Crippen molar-refractivity contribution < 1.29 is 5.11 Å². The molecule has 0 aromatic heterocycles. The Morgan fingerprint density at radius 1 is 1.44 bits per heavy atom. The van der Waals surface area contributed by atoms with Gasteiger partial charge in [0, 0.05) is 0 Å². The van der Waals surface area contributed by atoms with Crippen LogP contribution in [0.25, 0.3) is 0 Å². The molecule has 1 N–H and O–H groups in total. The fraction of sp³-hybridized carbons (Fsp3) is 0.714. The number of hydrogen-bond acceptors (Lipinski definition) is 1. The predicted molar refractivity (Wildman–Crippen MR) is 44.0 cm³/mol. The summed E-state index contributed by atoms with van der Waals surface area (Å²) >= 11 is 0. The third-order valence-electron chi connectivity index (χ3n) is 2.09. The number of hydrogen-bond donors (Lipinski definition) is 1. The molecule has 0 saturated carbocycles. The highest BCUT2D eigenvalue weighted by Gasteiger charge is 2.33. The zero-order valence-electron chi connectivity index (χ0n) is 6.73. The van der Waals surface area contributed by atoms with Gasteiger partial charge in [-0.1, -0.05) is 18.8 Å². The summed E-state index contributed by atoms with van der Waals surface area (Å²) in [4.78, 5) is 0. The lowest BCUT2D eigenvalue weighted by Crippen LogP contribution is -2.48. The molecule has 0 amide bonds. The van der Waals surface area contributed by atoms with Gasteiger partial charge >= 0.3 is 0 Å². The highest BCUT2D eigenvalue weighted by atomic mass is 28.3. The van der Waals surface area contributed by atoms with Crippen molar-refractivity contribution in [3.63, 3.8) is 0 Å². The molecule has 1 nitrogen and oxygen atoms in total. The molecule has 0 unspecified atom stereocenters. The monoisotopic (exact) mass is 144 g/mol. The molecule has 0 aromatic carbocycles. The van der Waals surface area contributed by atoms with E-state index in [9.17, 15) is 5.11 Å². The fourth-order valence-corrected chi connectivity index (χ4v) is 0.749. The summed E-state index contributed by atoms with van der Waals surface area (Å²) < 4.78 is 0. The molecule has 2 heteroatoms. The largest absolute Gasteiger partial charge is 0.394 e. The van der Waals surface area contributed by atoms with E-state index in [1.807, 2.05) is 19.5 Å². The van der Waals surface area contributed by atoms with Gasteiger partial charge in [-0.15, -0.1) is 6.58 Å². The van der Waals surface area contributed by atoms with E-state index in [0.717, 1.165) is 0 Å². The van der Waals surface area contributed by atoms with E-state index in [1.165, 1.54) is 0 Å². The van der Waals surface area contributed by atoms with Crippen molar-refractivity contribution in [3.8, 4) is 0 Å². The molecule has 0 spiro atoms. The van der Waals surface area contributed by atoms with Crippen LogP contribution >= 0.6 is 0 Å². The van der Waals surface area contributed by atoms with Gasteiger partial charge < -0.3 is 5.11 Å². The Balaban J connectivity index is 4.32. The lowest BCUT2D eigenvalue weighted by atomic mass is 10.5. The van der Waals surface area contributed by atoms with Crippen LogP contribution in [0.2, 0.25) is 13.1 Å². The van der Waals surface area contributed by atoms with Gasteiger partial charge in [-0.2, -0.15) is 0 Å². The zero-order chi connectivity index (χ0) is 7.71. The van der Waals surface area contributed by atoms with Gasteiger partial charge in [-0.25, -0.2) is 0 Å². The third-order valence-corrected chi connectivity index (χ3v) is 6.26. The molecule has 0 saturated heterocycles. The fourth-order valence-electron chi connectivity index (χ4n) is 0.250. The number of rotatable bonds is 2. The van der Waals surface area contributed by atoms with E-state index < -0.39 is 13.3 Å². The third kappa shape index (κ3) is 1.95. The minimum Gasteiger partial charge on any atom is -0.394 e. The van der Waals surface area contributed by atoms with E-state index in [-0.39, 0.29) is 0 Å². The Morgan fingerprint density at radius 2 is 1.78 bits per heavy atom. The summed E-state index contributed by atoms with van der Waals surface area (Å²) in [5.74, 6) is 0. The summed E-state index contributed by atoms with van der Waals surface area (Å²) in [6, 6.07) is 0. The van der Waals surface area contributed by atoms with Crippen LogP contribution in [0.15, 0.2) is 12.3 Å². The minimum absolute atomic E-state index is 0.533. The van der Waals surface area contributed by atoms with Crippen LogP contribution in [0.1, 0.15) is 13.8 Å². The maximum atomic E-state index is 9.54. The van der Waals surface area contributed by atoms with Crippen molar-refractivity contribution in [1.82, 2.24) is 0 Å². The normalized spacial score (nSPS) is 13.4. The number of aliphatic hydroxyl groups is 1. The quantitative estimate of drug-likeness (QED) is 0.585. The van der Waals surface area contributed by atoms with E-state index in [2.05, 4.69) is 19.7 Å². The second-order valence-electron chi connectivity index (χ2n) is 3.48. The Kier molecular flexibility index (Phi) is 2.25. The molecule has 0 heterocycles. The molecule has 0 radical (unpaired) electrons. The topological polar surface area (TPSA) is 20.2 Å².